The average molecular weight is 419 g/mol. The molecule has 162 valence electrons. The highest BCUT2D eigenvalue weighted by Crippen LogP contribution is 2.31. The molecular formula is C25H30N4O2. The fourth-order valence-corrected chi connectivity index (χ4v) is 4.41. The molecule has 6 heteroatoms. The molecule has 3 aromatic rings. The Morgan fingerprint density at radius 1 is 1.10 bits per heavy atom. The highest BCUT2D eigenvalue weighted by Gasteiger charge is 2.34. The first kappa shape index (κ1) is 21.1. The molecule has 2 heterocycles. The summed E-state index contributed by atoms with van der Waals surface area (Å²) in [5.74, 6) is 1.05. The fourth-order valence-electron chi connectivity index (χ4n) is 4.41. The number of nitrogens with zero attached hydrogens (tertiary/aromatic N) is 4. The zero-order valence-corrected chi connectivity index (χ0v) is 18.3. The van der Waals surface area contributed by atoms with E-state index in [4.69, 9.17) is 4.98 Å². The van der Waals surface area contributed by atoms with Crippen LogP contribution < -0.4 is 4.90 Å². The number of rotatable bonds is 8. The molecule has 0 radical (unpaired) electrons. The van der Waals surface area contributed by atoms with E-state index in [0.29, 0.717) is 19.5 Å². The third-order valence-electron chi connectivity index (χ3n) is 6.02. The Balaban J connectivity index is 1.64. The van der Waals surface area contributed by atoms with Gasteiger partial charge >= 0.3 is 0 Å². The smallest absolute Gasteiger partial charge is 0.246 e. The molecule has 1 unspecified atom stereocenters. The van der Waals surface area contributed by atoms with Crippen LogP contribution in [0.15, 0.2) is 54.6 Å². The Hall–Kier alpha value is -3.15. The van der Waals surface area contributed by atoms with Gasteiger partial charge in [0, 0.05) is 37.7 Å². The first-order valence-electron chi connectivity index (χ1n) is 11.2. The summed E-state index contributed by atoms with van der Waals surface area (Å²) >= 11 is 0. The van der Waals surface area contributed by atoms with Gasteiger partial charge in [-0.1, -0.05) is 43.7 Å². The van der Waals surface area contributed by atoms with Gasteiger partial charge in [0.25, 0.3) is 0 Å². The number of aromatic nitrogens is 2. The van der Waals surface area contributed by atoms with E-state index in [1.807, 2.05) is 71.0 Å². The van der Waals surface area contributed by atoms with Gasteiger partial charge in [-0.2, -0.15) is 0 Å². The van der Waals surface area contributed by atoms with Crippen LogP contribution in [0, 0.1) is 0 Å². The summed E-state index contributed by atoms with van der Waals surface area (Å²) in [5, 5.41) is 0. The van der Waals surface area contributed by atoms with Crippen molar-refractivity contribution in [2.24, 2.45) is 0 Å². The SMILES string of the molecule is CCCCN1CC(c2nc3ccccc3n2CC(=O)N(CC)c2ccccc2)CC1=O. The van der Waals surface area contributed by atoms with Crippen molar-refractivity contribution in [2.75, 3.05) is 24.5 Å². The Bertz CT molecular complexity index is 1060. The van der Waals surface area contributed by atoms with E-state index in [1.165, 1.54) is 0 Å². The van der Waals surface area contributed by atoms with Gasteiger partial charge in [-0.25, -0.2) is 4.98 Å². The number of imidazole rings is 1. The molecule has 0 bridgehead atoms. The molecule has 31 heavy (non-hydrogen) atoms. The van der Waals surface area contributed by atoms with Crippen molar-refractivity contribution >= 4 is 28.5 Å². The first-order valence-corrected chi connectivity index (χ1v) is 11.2. The van der Waals surface area contributed by atoms with E-state index in [0.717, 1.165) is 41.9 Å². The number of para-hydroxylation sites is 3. The van der Waals surface area contributed by atoms with Crippen LogP contribution in [-0.2, 0) is 16.1 Å². The molecule has 1 fully saturated rings. The Morgan fingerprint density at radius 2 is 1.84 bits per heavy atom. The number of amides is 2. The van der Waals surface area contributed by atoms with Crippen molar-refractivity contribution < 1.29 is 9.59 Å². The number of likely N-dealkylation sites (N-methyl/N-ethyl adjacent to an activating group) is 1. The van der Waals surface area contributed by atoms with Crippen LogP contribution in [-0.4, -0.2) is 45.9 Å². The number of benzene rings is 2. The summed E-state index contributed by atoms with van der Waals surface area (Å²) in [5.41, 5.74) is 2.70. The van der Waals surface area contributed by atoms with Crippen LogP contribution in [0.5, 0.6) is 0 Å². The molecule has 1 aliphatic rings. The zero-order valence-electron chi connectivity index (χ0n) is 18.3. The highest BCUT2D eigenvalue weighted by molar-refractivity contribution is 5.94. The lowest BCUT2D eigenvalue weighted by atomic mass is 10.1. The maximum atomic E-state index is 13.3. The summed E-state index contributed by atoms with van der Waals surface area (Å²) in [4.78, 5) is 34.5. The van der Waals surface area contributed by atoms with E-state index < -0.39 is 0 Å². The monoisotopic (exact) mass is 418 g/mol. The fraction of sp³-hybridized carbons (Fsp3) is 0.400. The number of unbranched alkanes of at least 4 members (excludes halogenated alkanes) is 1. The summed E-state index contributed by atoms with van der Waals surface area (Å²) in [7, 11) is 0. The highest BCUT2D eigenvalue weighted by atomic mass is 16.2. The van der Waals surface area contributed by atoms with Crippen LogP contribution in [0.3, 0.4) is 0 Å². The molecule has 2 amide bonds. The van der Waals surface area contributed by atoms with Gasteiger partial charge < -0.3 is 14.4 Å². The van der Waals surface area contributed by atoms with Crippen molar-refractivity contribution in [1.82, 2.24) is 14.5 Å². The second-order valence-electron chi connectivity index (χ2n) is 8.11. The van der Waals surface area contributed by atoms with E-state index in [2.05, 4.69) is 6.92 Å². The predicted octanol–water partition coefficient (Wildman–Crippen LogP) is 4.21. The maximum Gasteiger partial charge on any atom is 0.246 e. The van der Waals surface area contributed by atoms with E-state index in [1.54, 1.807) is 4.90 Å². The topological polar surface area (TPSA) is 58.4 Å². The molecule has 2 aromatic carbocycles. The number of carbonyl (C=O) groups is 2. The number of carbonyl (C=O) groups excluding carboxylic acids is 2. The number of anilines is 1. The largest absolute Gasteiger partial charge is 0.342 e. The number of hydrogen-bond donors (Lipinski definition) is 0. The molecule has 6 nitrogen and oxygen atoms in total. The van der Waals surface area contributed by atoms with Crippen LogP contribution in [0.25, 0.3) is 11.0 Å². The average Bonchev–Trinajstić information content (AvgIpc) is 3.34. The van der Waals surface area contributed by atoms with Crippen LogP contribution in [0.1, 0.15) is 44.9 Å². The van der Waals surface area contributed by atoms with Crippen molar-refractivity contribution in [1.29, 1.82) is 0 Å². The third kappa shape index (κ3) is 4.33. The molecule has 0 aliphatic carbocycles. The molecular weight excluding hydrogens is 388 g/mol. The Kier molecular flexibility index (Phi) is 6.35. The minimum atomic E-state index is 0.0105. The molecule has 0 N–H and O–H groups in total. The maximum absolute atomic E-state index is 13.3. The summed E-state index contributed by atoms with van der Waals surface area (Å²) in [6.45, 7) is 6.39. The van der Waals surface area contributed by atoms with Gasteiger partial charge in [0.15, 0.2) is 0 Å². The molecule has 1 saturated heterocycles. The van der Waals surface area contributed by atoms with Gasteiger partial charge in [0.05, 0.1) is 11.0 Å². The molecule has 0 saturated carbocycles. The Labute approximate surface area is 183 Å². The van der Waals surface area contributed by atoms with Crippen molar-refractivity contribution in [3.63, 3.8) is 0 Å². The van der Waals surface area contributed by atoms with Crippen LogP contribution >= 0.6 is 0 Å². The summed E-state index contributed by atoms with van der Waals surface area (Å²) < 4.78 is 2.02. The van der Waals surface area contributed by atoms with Gasteiger partial charge in [-0.05, 0) is 37.6 Å². The predicted molar refractivity (Wildman–Crippen MR) is 123 cm³/mol. The lowest BCUT2D eigenvalue weighted by Crippen LogP contribution is -2.34. The quantitative estimate of drug-likeness (QED) is 0.551. The van der Waals surface area contributed by atoms with Crippen molar-refractivity contribution in [2.45, 2.75) is 45.6 Å². The van der Waals surface area contributed by atoms with Crippen molar-refractivity contribution in [3.05, 3.63) is 60.4 Å². The third-order valence-corrected chi connectivity index (χ3v) is 6.02. The minimum Gasteiger partial charge on any atom is -0.342 e. The van der Waals surface area contributed by atoms with Crippen LogP contribution in [0.4, 0.5) is 5.69 Å². The van der Waals surface area contributed by atoms with E-state index >= 15 is 0 Å². The van der Waals surface area contributed by atoms with Gasteiger partial charge in [-0.3, -0.25) is 9.59 Å². The summed E-state index contributed by atoms with van der Waals surface area (Å²) in [6.07, 6.45) is 2.53. The summed E-state index contributed by atoms with van der Waals surface area (Å²) in [6, 6.07) is 17.6. The molecule has 1 aliphatic heterocycles. The van der Waals surface area contributed by atoms with Crippen LogP contribution in [0.2, 0.25) is 0 Å². The second kappa shape index (κ2) is 9.33. The molecule has 1 aromatic heterocycles. The first-order chi connectivity index (χ1) is 15.1. The lowest BCUT2D eigenvalue weighted by Gasteiger charge is -2.22. The second-order valence-corrected chi connectivity index (χ2v) is 8.11. The standard InChI is InChI=1S/C25H30N4O2/c1-3-5-15-27-17-19(16-23(27)30)25-26-21-13-9-10-14-22(21)29(25)18-24(31)28(4-2)20-11-7-6-8-12-20/h6-14,19H,3-5,15-18H2,1-2H3. The van der Waals surface area contributed by atoms with Gasteiger partial charge in [0.1, 0.15) is 12.4 Å². The number of fused-ring (bicyclic) bond motifs is 1. The number of likely N-dealkylation sites (tertiary alicyclic amines) is 1. The van der Waals surface area contributed by atoms with E-state index in [9.17, 15) is 9.59 Å². The Morgan fingerprint density at radius 3 is 2.58 bits per heavy atom. The van der Waals surface area contributed by atoms with Crippen molar-refractivity contribution in [3.8, 4) is 0 Å². The molecule has 1 atom stereocenters. The van der Waals surface area contributed by atoms with E-state index in [-0.39, 0.29) is 24.3 Å². The van der Waals surface area contributed by atoms with Gasteiger partial charge in [0.2, 0.25) is 11.8 Å². The molecule has 4 rings (SSSR count). The molecule has 0 spiro atoms. The number of hydrogen-bond acceptors (Lipinski definition) is 3. The lowest BCUT2D eigenvalue weighted by molar-refractivity contribution is -0.127. The normalized spacial score (nSPS) is 16.3. The minimum absolute atomic E-state index is 0.0105. The zero-order chi connectivity index (χ0) is 21.8. The van der Waals surface area contributed by atoms with Gasteiger partial charge in [-0.15, -0.1) is 0 Å².